The SMILES string of the molecule is Cc1ccnc2nc(-c3ccc(F)c(C(F)(F)F)c3)[nH]c12. The van der Waals surface area contributed by atoms with Gasteiger partial charge in [0.2, 0.25) is 0 Å². The number of nitrogens with one attached hydrogen (secondary N) is 1. The van der Waals surface area contributed by atoms with Gasteiger partial charge in [0.25, 0.3) is 0 Å². The first-order valence-corrected chi connectivity index (χ1v) is 6.04. The van der Waals surface area contributed by atoms with E-state index in [9.17, 15) is 17.6 Å². The first-order chi connectivity index (χ1) is 9.86. The zero-order chi connectivity index (χ0) is 15.2. The summed E-state index contributed by atoms with van der Waals surface area (Å²) in [5, 5.41) is 0. The molecule has 0 amide bonds. The second kappa shape index (κ2) is 4.54. The van der Waals surface area contributed by atoms with Crippen molar-refractivity contribution in [1.29, 1.82) is 0 Å². The second-order valence-electron chi connectivity index (χ2n) is 4.60. The summed E-state index contributed by atoms with van der Waals surface area (Å²) in [5.41, 5.74) is 0.761. The van der Waals surface area contributed by atoms with Crippen LogP contribution in [-0.2, 0) is 6.18 Å². The molecule has 0 aliphatic heterocycles. The smallest absolute Gasteiger partial charge is 0.336 e. The molecule has 0 spiro atoms. The van der Waals surface area contributed by atoms with Crippen molar-refractivity contribution in [3.05, 3.63) is 47.4 Å². The van der Waals surface area contributed by atoms with E-state index in [1.54, 1.807) is 12.3 Å². The van der Waals surface area contributed by atoms with E-state index in [4.69, 9.17) is 0 Å². The molecule has 2 aromatic heterocycles. The minimum Gasteiger partial charge on any atom is -0.336 e. The number of pyridine rings is 1. The first kappa shape index (κ1) is 13.5. The number of halogens is 4. The van der Waals surface area contributed by atoms with Crippen LogP contribution in [0.3, 0.4) is 0 Å². The van der Waals surface area contributed by atoms with Crippen LogP contribution in [0, 0.1) is 12.7 Å². The summed E-state index contributed by atoms with van der Waals surface area (Å²) < 4.78 is 51.5. The third-order valence-corrected chi connectivity index (χ3v) is 3.15. The average molecular weight is 295 g/mol. The number of alkyl halides is 3. The third kappa shape index (κ3) is 2.35. The molecule has 0 fully saturated rings. The Morgan fingerprint density at radius 3 is 2.57 bits per heavy atom. The number of imidazole rings is 1. The molecule has 0 saturated heterocycles. The third-order valence-electron chi connectivity index (χ3n) is 3.15. The molecule has 7 heteroatoms. The molecular weight excluding hydrogens is 286 g/mol. The van der Waals surface area contributed by atoms with Gasteiger partial charge in [-0.1, -0.05) is 0 Å². The topological polar surface area (TPSA) is 41.6 Å². The lowest BCUT2D eigenvalue weighted by Gasteiger charge is -2.08. The zero-order valence-electron chi connectivity index (χ0n) is 10.8. The lowest BCUT2D eigenvalue weighted by molar-refractivity contribution is -0.139. The number of aromatic amines is 1. The maximum atomic E-state index is 13.3. The van der Waals surface area contributed by atoms with Gasteiger partial charge in [0.1, 0.15) is 11.6 Å². The summed E-state index contributed by atoms with van der Waals surface area (Å²) in [5.74, 6) is -1.09. The van der Waals surface area contributed by atoms with Crippen molar-refractivity contribution in [3.63, 3.8) is 0 Å². The Labute approximate surface area is 116 Å². The van der Waals surface area contributed by atoms with E-state index in [2.05, 4.69) is 15.0 Å². The Bertz CT molecular complexity index is 821. The Hall–Kier alpha value is -2.44. The minimum atomic E-state index is -4.75. The maximum Gasteiger partial charge on any atom is 0.419 e. The van der Waals surface area contributed by atoms with E-state index < -0.39 is 17.6 Å². The van der Waals surface area contributed by atoms with Crippen LogP contribution in [0.25, 0.3) is 22.6 Å². The molecule has 0 bridgehead atoms. The molecule has 0 unspecified atom stereocenters. The van der Waals surface area contributed by atoms with Crippen LogP contribution >= 0.6 is 0 Å². The van der Waals surface area contributed by atoms with Gasteiger partial charge in [-0.3, -0.25) is 0 Å². The normalized spacial score (nSPS) is 12.0. The van der Waals surface area contributed by atoms with Gasteiger partial charge in [-0.05, 0) is 36.8 Å². The molecule has 0 aliphatic rings. The predicted octanol–water partition coefficient (Wildman–Crippen LogP) is 4.09. The van der Waals surface area contributed by atoms with Gasteiger partial charge in [-0.2, -0.15) is 13.2 Å². The zero-order valence-corrected chi connectivity index (χ0v) is 10.8. The highest BCUT2D eigenvalue weighted by Crippen LogP contribution is 2.34. The molecule has 0 atom stereocenters. The highest BCUT2D eigenvalue weighted by Gasteiger charge is 2.34. The molecule has 2 heterocycles. The van der Waals surface area contributed by atoms with Gasteiger partial charge in [-0.25, -0.2) is 14.4 Å². The molecular formula is C14H9F4N3. The fourth-order valence-electron chi connectivity index (χ4n) is 2.06. The summed E-state index contributed by atoms with van der Waals surface area (Å²) in [6, 6.07) is 4.53. The Morgan fingerprint density at radius 1 is 1.14 bits per heavy atom. The molecule has 0 aliphatic carbocycles. The maximum absolute atomic E-state index is 13.3. The summed E-state index contributed by atoms with van der Waals surface area (Å²) in [6.07, 6.45) is -3.19. The van der Waals surface area contributed by atoms with Crippen LogP contribution in [0.4, 0.5) is 17.6 Å². The molecule has 3 rings (SSSR count). The Balaban J connectivity index is 2.17. The van der Waals surface area contributed by atoms with E-state index in [1.165, 1.54) is 6.07 Å². The molecule has 0 radical (unpaired) electrons. The average Bonchev–Trinajstić information content (AvgIpc) is 2.83. The van der Waals surface area contributed by atoms with Crippen molar-refractivity contribution >= 4 is 11.2 Å². The number of aromatic nitrogens is 3. The summed E-state index contributed by atoms with van der Waals surface area (Å²) >= 11 is 0. The number of fused-ring (bicyclic) bond motifs is 1. The summed E-state index contributed by atoms with van der Waals surface area (Å²) in [4.78, 5) is 11.1. The van der Waals surface area contributed by atoms with Crippen molar-refractivity contribution < 1.29 is 17.6 Å². The molecule has 21 heavy (non-hydrogen) atoms. The van der Waals surface area contributed by atoms with Crippen molar-refractivity contribution in [2.24, 2.45) is 0 Å². The number of hydrogen-bond donors (Lipinski definition) is 1. The van der Waals surface area contributed by atoms with E-state index in [0.29, 0.717) is 11.2 Å². The lowest BCUT2D eigenvalue weighted by Crippen LogP contribution is -2.08. The van der Waals surface area contributed by atoms with Crippen LogP contribution in [0.5, 0.6) is 0 Å². The van der Waals surface area contributed by atoms with E-state index in [0.717, 1.165) is 17.7 Å². The standard InChI is InChI=1S/C14H9F4N3/c1-7-4-5-19-13-11(7)20-12(21-13)8-2-3-10(15)9(6-8)14(16,17)18/h2-6H,1H3,(H,19,20,21). The number of hydrogen-bond acceptors (Lipinski definition) is 2. The molecule has 1 N–H and O–H groups in total. The van der Waals surface area contributed by atoms with E-state index in [-0.39, 0.29) is 11.4 Å². The predicted molar refractivity (Wildman–Crippen MR) is 69.0 cm³/mol. The van der Waals surface area contributed by atoms with Crippen molar-refractivity contribution in [2.45, 2.75) is 13.1 Å². The number of benzene rings is 1. The second-order valence-corrected chi connectivity index (χ2v) is 4.60. The first-order valence-electron chi connectivity index (χ1n) is 6.04. The fourth-order valence-corrected chi connectivity index (χ4v) is 2.06. The molecule has 108 valence electrons. The van der Waals surface area contributed by atoms with Gasteiger partial charge in [-0.15, -0.1) is 0 Å². The van der Waals surface area contributed by atoms with Crippen LogP contribution in [0.1, 0.15) is 11.1 Å². The van der Waals surface area contributed by atoms with Crippen molar-refractivity contribution in [3.8, 4) is 11.4 Å². The van der Waals surface area contributed by atoms with Crippen molar-refractivity contribution in [2.75, 3.05) is 0 Å². The van der Waals surface area contributed by atoms with Gasteiger partial charge >= 0.3 is 6.18 Å². The number of rotatable bonds is 1. The highest BCUT2D eigenvalue weighted by molar-refractivity contribution is 5.78. The van der Waals surface area contributed by atoms with Crippen LogP contribution < -0.4 is 0 Å². The fraction of sp³-hybridized carbons (Fsp3) is 0.143. The number of aryl methyl sites for hydroxylation is 1. The number of H-pyrrole nitrogens is 1. The van der Waals surface area contributed by atoms with Gasteiger partial charge in [0.15, 0.2) is 5.65 Å². The molecule has 1 aromatic carbocycles. The number of nitrogens with zero attached hydrogens (tertiary/aromatic N) is 2. The molecule has 0 saturated carbocycles. The quantitative estimate of drug-likeness (QED) is 0.687. The van der Waals surface area contributed by atoms with Gasteiger partial charge in [0, 0.05) is 11.8 Å². The molecule has 3 aromatic rings. The van der Waals surface area contributed by atoms with Crippen LogP contribution in [0.15, 0.2) is 30.5 Å². The van der Waals surface area contributed by atoms with Crippen LogP contribution in [0.2, 0.25) is 0 Å². The lowest BCUT2D eigenvalue weighted by atomic mass is 10.1. The minimum absolute atomic E-state index is 0.154. The molecule has 3 nitrogen and oxygen atoms in total. The Kier molecular flexibility index (Phi) is 2.93. The van der Waals surface area contributed by atoms with Gasteiger partial charge < -0.3 is 4.98 Å². The van der Waals surface area contributed by atoms with Crippen molar-refractivity contribution in [1.82, 2.24) is 15.0 Å². The van der Waals surface area contributed by atoms with E-state index in [1.807, 2.05) is 6.92 Å². The monoisotopic (exact) mass is 295 g/mol. The van der Waals surface area contributed by atoms with Gasteiger partial charge in [0.05, 0.1) is 11.1 Å². The van der Waals surface area contributed by atoms with Crippen LogP contribution in [-0.4, -0.2) is 15.0 Å². The summed E-state index contributed by atoms with van der Waals surface area (Å²) in [7, 11) is 0. The Morgan fingerprint density at radius 2 is 1.90 bits per heavy atom. The van der Waals surface area contributed by atoms with E-state index >= 15 is 0 Å². The largest absolute Gasteiger partial charge is 0.419 e. The highest BCUT2D eigenvalue weighted by atomic mass is 19.4. The summed E-state index contributed by atoms with van der Waals surface area (Å²) in [6.45, 7) is 1.83.